The highest BCUT2D eigenvalue weighted by Gasteiger charge is 2.51. The molecule has 0 bridgehead atoms. The molecule has 0 spiro atoms. The number of aromatic hydroxyl groups is 2. The Balaban J connectivity index is 1.61. The average molecular weight is 404 g/mol. The van der Waals surface area contributed by atoms with Crippen molar-refractivity contribution >= 4 is 11.6 Å². The van der Waals surface area contributed by atoms with Crippen LogP contribution in [0.25, 0.3) is 11.1 Å². The highest BCUT2D eigenvalue weighted by Crippen LogP contribution is 2.50. The van der Waals surface area contributed by atoms with Crippen molar-refractivity contribution < 1.29 is 19.7 Å². The van der Waals surface area contributed by atoms with Gasteiger partial charge in [-0.3, -0.25) is 4.79 Å². The minimum Gasteiger partial charge on any atom is -0.504 e. The lowest BCUT2D eigenvalue weighted by Gasteiger charge is -2.18. The van der Waals surface area contributed by atoms with Crippen LogP contribution in [-0.4, -0.2) is 23.2 Å². The smallest absolute Gasteiger partial charge is 0.235 e. The normalized spacial score (nSPS) is 14.2. The molecule has 0 unspecified atom stereocenters. The van der Waals surface area contributed by atoms with Gasteiger partial charge in [0, 0.05) is 17.8 Å². The fourth-order valence-corrected chi connectivity index (χ4v) is 3.68. The number of benzene rings is 3. The molecule has 1 fully saturated rings. The van der Waals surface area contributed by atoms with Gasteiger partial charge in [-0.25, -0.2) is 0 Å². The number of hydrogen-bond donors (Lipinski definition) is 4. The monoisotopic (exact) mass is 404 g/mol. The van der Waals surface area contributed by atoms with Crippen molar-refractivity contribution in [1.82, 2.24) is 0 Å². The summed E-state index contributed by atoms with van der Waals surface area (Å²) in [7, 11) is 1.61. The fourth-order valence-electron chi connectivity index (χ4n) is 3.68. The van der Waals surface area contributed by atoms with Gasteiger partial charge in [-0.05, 0) is 59.9 Å². The number of hydrogen-bond acceptors (Lipinski definition) is 5. The summed E-state index contributed by atoms with van der Waals surface area (Å²) < 4.78 is 5.50. The summed E-state index contributed by atoms with van der Waals surface area (Å²) in [5.41, 5.74) is 9.22. The molecule has 0 radical (unpaired) electrons. The molecular weight excluding hydrogens is 380 g/mol. The Labute approximate surface area is 174 Å². The van der Waals surface area contributed by atoms with Gasteiger partial charge in [0.15, 0.2) is 11.5 Å². The molecule has 5 N–H and O–H groups in total. The first-order valence-electron chi connectivity index (χ1n) is 9.78. The second kappa shape index (κ2) is 7.72. The lowest BCUT2D eigenvalue weighted by atomic mass is 9.94. The largest absolute Gasteiger partial charge is 0.504 e. The highest BCUT2D eigenvalue weighted by atomic mass is 16.5. The number of anilines is 1. The predicted molar refractivity (Wildman–Crippen MR) is 116 cm³/mol. The van der Waals surface area contributed by atoms with Gasteiger partial charge in [-0.15, -0.1) is 0 Å². The van der Waals surface area contributed by atoms with Gasteiger partial charge in [-0.2, -0.15) is 0 Å². The zero-order valence-electron chi connectivity index (χ0n) is 16.7. The number of phenols is 2. The van der Waals surface area contributed by atoms with Crippen LogP contribution in [0, 0.1) is 0 Å². The van der Waals surface area contributed by atoms with Crippen molar-refractivity contribution in [2.45, 2.75) is 24.8 Å². The van der Waals surface area contributed by atoms with Crippen LogP contribution in [0.2, 0.25) is 0 Å². The summed E-state index contributed by atoms with van der Waals surface area (Å²) in [4.78, 5) is 13.1. The van der Waals surface area contributed by atoms with Gasteiger partial charge < -0.3 is 26.0 Å². The van der Waals surface area contributed by atoms with Crippen LogP contribution in [0.3, 0.4) is 0 Å². The third-order valence-electron chi connectivity index (χ3n) is 5.67. The summed E-state index contributed by atoms with van der Waals surface area (Å²) in [6.45, 7) is 0.475. The number of nitrogens with one attached hydrogen (secondary N) is 1. The Morgan fingerprint density at radius 2 is 1.77 bits per heavy atom. The molecule has 4 rings (SSSR count). The van der Waals surface area contributed by atoms with Gasteiger partial charge in [0.2, 0.25) is 5.91 Å². The number of phenolic OH excluding ortho intramolecular Hbond substituents is 2. The molecule has 3 aromatic rings. The van der Waals surface area contributed by atoms with E-state index in [2.05, 4.69) is 5.32 Å². The van der Waals surface area contributed by atoms with E-state index in [1.54, 1.807) is 19.2 Å². The molecular formula is C24H24N2O4. The van der Waals surface area contributed by atoms with Gasteiger partial charge in [0.05, 0.1) is 12.5 Å². The van der Waals surface area contributed by atoms with Crippen molar-refractivity contribution in [3.05, 3.63) is 71.8 Å². The van der Waals surface area contributed by atoms with E-state index >= 15 is 0 Å². The van der Waals surface area contributed by atoms with E-state index in [4.69, 9.17) is 10.5 Å². The maximum atomic E-state index is 13.1. The molecule has 0 aromatic heterocycles. The van der Waals surface area contributed by atoms with Gasteiger partial charge in [-0.1, -0.05) is 30.3 Å². The number of carbonyl (C=O) groups is 1. The number of amides is 1. The minimum absolute atomic E-state index is 0.137. The second-order valence-electron chi connectivity index (χ2n) is 7.56. The average Bonchev–Trinajstić information content (AvgIpc) is 3.58. The van der Waals surface area contributed by atoms with E-state index in [-0.39, 0.29) is 17.4 Å². The molecule has 0 saturated heterocycles. The molecule has 0 aliphatic heterocycles. The summed E-state index contributed by atoms with van der Waals surface area (Å²) >= 11 is 0. The van der Waals surface area contributed by atoms with Crippen molar-refractivity contribution in [1.29, 1.82) is 0 Å². The minimum atomic E-state index is -0.686. The number of methoxy groups -OCH3 is 1. The molecule has 154 valence electrons. The van der Waals surface area contributed by atoms with E-state index in [0.29, 0.717) is 36.4 Å². The Kier molecular flexibility index (Phi) is 5.10. The first kappa shape index (κ1) is 19.8. The number of nitrogens with two attached hydrogens (primary N) is 1. The molecule has 1 aliphatic rings. The second-order valence-corrected chi connectivity index (χ2v) is 7.56. The maximum absolute atomic E-state index is 13.1. The van der Waals surface area contributed by atoms with E-state index in [1.165, 1.54) is 12.1 Å². The lowest BCUT2D eigenvalue weighted by Crippen LogP contribution is -2.27. The fraction of sp³-hybridized carbons (Fsp3) is 0.208. The molecule has 1 saturated carbocycles. The van der Waals surface area contributed by atoms with Crippen LogP contribution in [0.4, 0.5) is 5.69 Å². The van der Waals surface area contributed by atoms with Crippen molar-refractivity contribution in [3.63, 3.8) is 0 Å². The van der Waals surface area contributed by atoms with Crippen LogP contribution < -0.4 is 15.8 Å². The van der Waals surface area contributed by atoms with Crippen LogP contribution in [-0.2, 0) is 16.8 Å². The third-order valence-corrected chi connectivity index (χ3v) is 5.67. The van der Waals surface area contributed by atoms with Crippen LogP contribution in [0.5, 0.6) is 17.2 Å². The summed E-state index contributed by atoms with van der Waals surface area (Å²) in [6.07, 6.45) is 1.37. The van der Waals surface area contributed by atoms with Gasteiger partial charge in [0.1, 0.15) is 5.75 Å². The molecule has 30 heavy (non-hydrogen) atoms. The van der Waals surface area contributed by atoms with Crippen LogP contribution >= 0.6 is 0 Å². The SMILES string of the molecule is COc1ccc(NC(=O)C2(c3ccc(O)c(O)c3)CC2)cc1-c1ccc(CN)cc1. The van der Waals surface area contributed by atoms with E-state index in [9.17, 15) is 15.0 Å². The Hall–Kier alpha value is -3.51. The quantitative estimate of drug-likeness (QED) is 0.467. The summed E-state index contributed by atoms with van der Waals surface area (Å²) in [5, 5.41) is 22.4. The summed E-state index contributed by atoms with van der Waals surface area (Å²) in [5.74, 6) is 0.148. The van der Waals surface area contributed by atoms with E-state index in [0.717, 1.165) is 16.7 Å². The first-order valence-corrected chi connectivity index (χ1v) is 9.78. The molecule has 0 atom stereocenters. The van der Waals surface area contributed by atoms with Crippen molar-refractivity contribution in [3.8, 4) is 28.4 Å². The highest BCUT2D eigenvalue weighted by molar-refractivity contribution is 6.02. The molecule has 6 heteroatoms. The van der Waals surface area contributed by atoms with Gasteiger partial charge in [0.25, 0.3) is 0 Å². The molecule has 3 aromatic carbocycles. The molecule has 6 nitrogen and oxygen atoms in total. The van der Waals surface area contributed by atoms with Crippen molar-refractivity contribution in [2.24, 2.45) is 5.73 Å². The lowest BCUT2D eigenvalue weighted by molar-refractivity contribution is -0.118. The number of ether oxygens (including phenoxy) is 1. The zero-order chi connectivity index (χ0) is 21.3. The molecule has 1 aliphatic carbocycles. The van der Waals surface area contributed by atoms with Crippen molar-refractivity contribution in [2.75, 3.05) is 12.4 Å². The Bertz CT molecular complexity index is 1090. The molecule has 1 amide bonds. The topological polar surface area (TPSA) is 105 Å². The molecule has 0 heterocycles. The number of carbonyl (C=O) groups excluding carboxylic acids is 1. The van der Waals surface area contributed by atoms with E-state index < -0.39 is 5.41 Å². The standard InChI is InChI=1S/C24H24N2O4/c1-30-22-9-7-18(13-19(22)16-4-2-15(14-25)3-5-16)26-23(29)24(10-11-24)17-6-8-20(27)21(28)12-17/h2-9,12-13,27-28H,10-11,14,25H2,1H3,(H,26,29). The number of rotatable bonds is 6. The maximum Gasteiger partial charge on any atom is 0.235 e. The van der Waals surface area contributed by atoms with E-state index in [1.807, 2.05) is 36.4 Å². The summed E-state index contributed by atoms with van der Waals surface area (Å²) in [6, 6.07) is 18.0. The predicted octanol–water partition coefficient (Wildman–Crippen LogP) is 3.90. The third kappa shape index (κ3) is 3.57. The van der Waals surface area contributed by atoms with Gasteiger partial charge >= 0.3 is 0 Å². The first-order chi connectivity index (χ1) is 14.5. The zero-order valence-corrected chi connectivity index (χ0v) is 16.7. The Morgan fingerprint density at radius 3 is 2.37 bits per heavy atom. The Morgan fingerprint density at radius 1 is 1.03 bits per heavy atom. The van der Waals surface area contributed by atoms with Crippen LogP contribution in [0.1, 0.15) is 24.0 Å². The van der Waals surface area contributed by atoms with Crippen LogP contribution in [0.15, 0.2) is 60.7 Å².